The molecule has 0 unspecified atom stereocenters. The second-order valence-corrected chi connectivity index (χ2v) is 9.14. The van der Waals surface area contributed by atoms with E-state index in [4.69, 9.17) is 14.2 Å². The van der Waals surface area contributed by atoms with Crippen molar-refractivity contribution in [2.75, 3.05) is 26.4 Å². The monoisotopic (exact) mass is 476 g/mol. The van der Waals surface area contributed by atoms with Gasteiger partial charge in [0.05, 0.1) is 18.3 Å². The quantitative estimate of drug-likeness (QED) is 0.513. The zero-order chi connectivity index (χ0) is 24.0. The van der Waals surface area contributed by atoms with E-state index < -0.39 is 0 Å². The van der Waals surface area contributed by atoms with E-state index in [9.17, 15) is 4.79 Å². The molecule has 1 fully saturated rings. The molecule has 5 rings (SSSR count). The molecule has 4 heterocycles. The van der Waals surface area contributed by atoms with E-state index in [2.05, 4.69) is 16.1 Å². The number of aryl methyl sites for hydroxylation is 2. The first-order valence-corrected chi connectivity index (χ1v) is 12.4. The van der Waals surface area contributed by atoms with Crippen LogP contribution in [-0.2, 0) is 22.6 Å². The molecule has 35 heavy (non-hydrogen) atoms. The van der Waals surface area contributed by atoms with Crippen molar-refractivity contribution in [3.8, 4) is 22.6 Å². The maximum Gasteiger partial charge on any atom is 0.224 e. The summed E-state index contributed by atoms with van der Waals surface area (Å²) in [4.78, 5) is 19.2. The van der Waals surface area contributed by atoms with Gasteiger partial charge in [-0.05, 0) is 56.0 Å². The minimum absolute atomic E-state index is 0.0828. The van der Waals surface area contributed by atoms with Crippen molar-refractivity contribution >= 4 is 5.91 Å². The number of fused-ring (bicyclic) bond motifs is 1. The molecule has 8 nitrogen and oxygen atoms in total. The van der Waals surface area contributed by atoms with Crippen LogP contribution in [0.2, 0.25) is 0 Å². The summed E-state index contributed by atoms with van der Waals surface area (Å²) in [5, 5.41) is 4.39. The first-order valence-electron chi connectivity index (χ1n) is 12.4. The fourth-order valence-electron chi connectivity index (χ4n) is 4.58. The minimum atomic E-state index is 0.0828. The first kappa shape index (κ1) is 23.4. The van der Waals surface area contributed by atoms with Crippen molar-refractivity contribution in [1.29, 1.82) is 0 Å². The van der Waals surface area contributed by atoms with Crippen molar-refractivity contribution in [3.63, 3.8) is 0 Å². The van der Waals surface area contributed by atoms with Crippen LogP contribution in [0.4, 0.5) is 0 Å². The zero-order valence-electron chi connectivity index (χ0n) is 20.2. The molecule has 0 N–H and O–H groups in total. The molecule has 0 saturated carbocycles. The molecular formula is C27H32N4O4. The van der Waals surface area contributed by atoms with Gasteiger partial charge in [-0.25, -0.2) is 0 Å². The van der Waals surface area contributed by atoms with Gasteiger partial charge < -0.3 is 19.1 Å². The highest BCUT2D eigenvalue weighted by molar-refractivity contribution is 5.77. The topological polar surface area (TPSA) is 78.7 Å². The van der Waals surface area contributed by atoms with Crippen LogP contribution in [0, 0.1) is 6.92 Å². The lowest BCUT2D eigenvalue weighted by molar-refractivity contribution is -0.132. The van der Waals surface area contributed by atoms with Crippen LogP contribution in [0.3, 0.4) is 0 Å². The van der Waals surface area contributed by atoms with Crippen LogP contribution in [0.1, 0.15) is 36.9 Å². The summed E-state index contributed by atoms with van der Waals surface area (Å²) < 4.78 is 20.1. The Morgan fingerprint density at radius 3 is 2.91 bits per heavy atom. The lowest BCUT2D eigenvalue weighted by Crippen LogP contribution is -2.33. The highest BCUT2D eigenvalue weighted by Crippen LogP contribution is 2.39. The number of hydrogen-bond donors (Lipinski definition) is 0. The van der Waals surface area contributed by atoms with E-state index >= 15 is 0 Å². The normalized spacial score (nSPS) is 17.9. The molecular weight excluding hydrogens is 444 g/mol. The Bertz CT molecular complexity index is 1140. The maximum atomic E-state index is 13.1. The van der Waals surface area contributed by atoms with Gasteiger partial charge >= 0.3 is 0 Å². The van der Waals surface area contributed by atoms with E-state index in [-0.39, 0.29) is 12.0 Å². The van der Waals surface area contributed by atoms with Crippen molar-refractivity contribution in [2.24, 2.45) is 0 Å². The van der Waals surface area contributed by atoms with Gasteiger partial charge in [-0.2, -0.15) is 5.10 Å². The summed E-state index contributed by atoms with van der Waals surface area (Å²) in [6.45, 7) is 5.19. The van der Waals surface area contributed by atoms with Crippen LogP contribution in [0.5, 0.6) is 11.5 Å². The average Bonchev–Trinajstić information content (AvgIpc) is 3.19. The number of amides is 1. The third-order valence-corrected chi connectivity index (χ3v) is 6.48. The van der Waals surface area contributed by atoms with E-state index in [1.807, 2.05) is 53.2 Å². The Labute approximate surface area is 205 Å². The van der Waals surface area contributed by atoms with Gasteiger partial charge in [0.1, 0.15) is 13.2 Å². The Hall–Kier alpha value is -3.39. The smallest absolute Gasteiger partial charge is 0.224 e. The SMILES string of the molecule is Cc1ccn(CCC(=O)N2CCOc3c(cc(-c4cccnc4)cc3OC[C@H]3CCCCO3)C2)n1. The molecule has 1 amide bonds. The van der Waals surface area contributed by atoms with Crippen molar-refractivity contribution < 1.29 is 19.0 Å². The van der Waals surface area contributed by atoms with Gasteiger partial charge in [-0.1, -0.05) is 6.07 Å². The van der Waals surface area contributed by atoms with Crippen molar-refractivity contribution in [3.05, 3.63) is 60.2 Å². The molecule has 0 bridgehead atoms. The maximum absolute atomic E-state index is 13.1. The summed E-state index contributed by atoms with van der Waals surface area (Å²) in [7, 11) is 0. The van der Waals surface area contributed by atoms with Crippen LogP contribution in [0.25, 0.3) is 11.1 Å². The number of ether oxygens (including phenoxy) is 3. The Kier molecular flexibility index (Phi) is 7.28. The van der Waals surface area contributed by atoms with Crippen molar-refractivity contribution in [2.45, 2.75) is 51.8 Å². The molecule has 3 aromatic rings. The molecule has 2 aliphatic rings. The standard InChI is InChI=1S/C27H32N4O4/c1-20-7-10-31(29-20)11-8-26(32)30-12-14-34-27-23(18-30)15-22(21-5-4-9-28-17-21)16-25(27)35-19-24-6-2-3-13-33-24/h4-5,7,9-10,15-17,24H,2-3,6,8,11-14,18-19H2,1H3/t24-/m1/s1. The summed E-state index contributed by atoms with van der Waals surface area (Å²) in [6, 6.07) is 9.98. The third kappa shape index (κ3) is 5.82. The molecule has 0 aliphatic carbocycles. The summed E-state index contributed by atoms with van der Waals surface area (Å²) in [5.74, 6) is 1.49. The molecule has 2 aromatic heterocycles. The number of hydrogen-bond acceptors (Lipinski definition) is 6. The van der Waals surface area contributed by atoms with Crippen LogP contribution in [0.15, 0.2) is 48.9 Å². The van der Waals surface area contributed by atoms with E-state index in [1.165, 1.54) is 0 Å². The second kappa shape index (κ2) is 10.9. The van der Waals surface area contributed by atoms with E-state index in [0.29, 0.717) is 50.8 Å². The molecule has 2 aliphatic heterocycles. The van der Waals surface area contributed by atoms with Gasteiger partial charge in [0.25, 0.3) is 0 Å². The molecule has 1 aromatic carbocycles. The largest absolute Gasteiger partial charge is 0.487 e. The van der Waals surface area contributed by atoms with Gasteiger partial charge in [-0.3, -0.25) is 14.5 Å². The zero-order valence-corrected chi connectivity index (χ0v) is 20.2. The molecule has 8 heteroatoms. The Balaban J connectivity index is 1.37. The van der Waals surface area contributed by atoms with Gasteiger partial charge in [-0.15, -0.1) is 0 Å². The molecule has 0 radical (unpaired) electrons. The number of carbonyl (C=O) groups excluding carboxylic acids is 1. The van der Waals surface area contributed by atoms with E-state index in [0.717, 1.165) is 48.3 Å². The highest BCUT2D eigenvalue weighted by Gasteiger charge is 2.25. The molecule has 184 valence electrons. The van der Waals surface area contributed by atoms with Gasteiger partial charge in [0.2, 0.25) is 5.91 Å². The summed E-state index contributed by atoms with van der Waals surface area (Å²) in [5.41, 5.74) is 3.86. The number of benzene rings is 1. The lowest BCUT2D eigenvalue weighted by atomic mass is 10.0. The minimum Gasteiger partial charge on any atom is -0.487 e. The van der Waals surface area contributed by atoms with E-state index in [1.54, 1.807) is 6.20 Å². The third-order valence-electron chi connectivity index (χ3n) is 6.48. The predicted octanol–water partition coefficient (Wildman–Crippen LogP) is 4.01. The Morgan fingerprint density at radius 1 is 1.20 bits per heavy atom. The number of rotatable bonds is 7. The Morgan fingerprint density at radius 2 is 2.14 bits per heavy atom. The second-order valence-electron chi connectivity index (χ2n) is 9.14. The number of aromatic nitrogens is 3. The number of nitrogens with zero attached hydrogens (tertiary/aromatic N) is 4. The van der Waals surface area contributed by atoms with Gasteiger partial charge in [0, 0.05) is 55.8 Å². The van der Waals surface area contributed by atoms with Crippen molar-refractivity contribution in [1.82, 2.24) is 19.7 Å². The fourth-order valence-corrected chi connectivity index (χ4v) is 4.58. The van der Waals surface area contributed by atoms with Crippen LogP contribution in [-0.4, -0.2) is 58.0 Å². The first-order chi connectivity index (χ1) is 17.2. The number of pyridine rings is 1. The van der Waals surface area contributed by atoms with Gasteiger partial charge in [0.15, 0.2) is 11.5 Å². The van der Waals surface area contributed by atoms with Crippen LogP contribution >= 0.6 is 0 Å². The number of carbonyl (C=O) groups is 1. The fraction of sp³-hybridized carbons (Fsp3) is 0.444. The summed E-state index contributed by atoms with van der Waals surface area (Å²) in [6.07, 6.45) is 9.25. The molecule has 0 spiro atoms. The van der Waals surface area contributed by atoms with Crippen LogP contribution < -0.4 is 9.47 Å². The summed E-state index contributed by atoms with van der Waals surface area (Å²) >= 11 is 0. The lowest BCUT2D eigenvalue weighted by Gasteiger charge is -2.24. The highest BCUT2D eigenvalue weighted by atomic mass is 16.5. The molecule has 1 atom stereocenters. The average molecular weight is 477 g/mol. The predicted molar refractivity (Wildman–Crippen MR) is 131 cm³/mol. The molecule has 1 saturated heterocycles.